The maximum absolute atomic E-state index is 13.3. The second kappa shape index (κ2) is 5.26. The van der Waals surface area contributed by atoms with Crippen LogP contribution in [-0.2, 0) is 10.0 Å². The van der Waals surface area contributed by atoms with Crippen molar-refractivity contribution >= 4 is 37.9 Å². The lowest BCUT2D eigenvalue weighted by Gasteiger charge is -2.06. The summed E-state index contributed by atoms with van der Waals surface area (Å²) >= 11 is 0.744. The molecule has 0 fully saturated rings. The second-order valence-electron chi connectivity index (χ2n) is 3.99. The molecule has 3 N–H and O–H groups in total. The lowest BCUT2D eigenvalue weighted by molar-refractivity contribution is -0.385. The maximum atomic E-state index is 13.3. The minimum atomic E-state index is -4.05. The number of thiazole rings is 1. The molecule has 0 amide bonds. The lowest BCUT2D eigenvalue weighted by Crippen LogP contribution is -2.13. The first-order valence-electron chi connectivity index (χ1n) is 5.40. The number of benzene rings is 1. The van der Waals surface area contributed by atoms with Gasteiger partial charge in [-0.3, -0.25) is 14.8 Å². The van der Waals surface area contributed by atoms with Crippen molar-refractivity contribution in [3.05, 3.63) is 39.8 Å². The Bertz CT molecular complexity index is 818. The monoisotopic (exact) mass is 332 g/mol. The van der Waals surface area contributed by atoms with E-state index in [0.717, 1.165) is 23.5 Å². The van der Waals surface area contributed by atoms with Crippen LogP contribution < -0.4 is 10.5 Å². The van der Waals surface area contributed by atoms with Gasteiger partial charge in [0.15, 0.2) is 9.34 Å². The molecule has 8 nitrogen and oxygen atoms in total. The summed E-state index contributed by atoms with van der Waals surface area (Å²) < 4.78 is 39.5. The third-order valence-corrected chi connectivity index (χ3v) is 5.34. The first-order chi connectivity index (χ1) is 9.69. The average molecular weight is 332 g/mol. The molecule has 0 radical (unpaired) electrons. The van der Waals surface area contributed by atoms with E-state index in [4.69, 9.17) is 5.73 Å². The van der Waals surface area contributed by atoms with Crippen LogP contribution in [0, 0.1) is 22.9 Å². The lowest BCUT2D eigenvalue weighted by atomic mass is 10.3. The van der Waals surface area contributed by atoms with E-state index < -0.39 is 26.5 Å². The highest BCUT2D eigenvalue weighted by Gasteiger charge is 2.22. The van der Waals surface area contributed by atoms with Gasteiger partial charge in [-0.15, -0.1) is 0 Å². The smallest absolute Gasteiger partial charge is 0.274 e. The molecule has 0 spiro atoms. The number of nitrogen functional groups attached to an aromatic ring is 1. The molecule has 2 aromatic rings. The number of hydrogen-bond acceptors (Lipinski definition) is 7. The summed E-state index contributed by atoms with van der Waals surface area (Å²) in [5.41, 5.74) is 4.80. The zero-order valence-corrected chi connectivity index (χ0v) is 12.2. The number of aromatic nitrogens is 1. The van der Waals surface area contributed by atoms with E-state index in [1.165, 1.54) is 6.92 Å². The highest BCUT2D eigenvalue weighted by atomic mass is 32.2. The van der Waals surface area contributed by atoms with Crippen LogP contribution in [0.1, 0.15) is 5.69 Å². The third-order valence-electron chi connectivity index (χ3n) is 2.36. The number of sulfonamides is 1. The van der Waals surface area contributed by atoms with E-state index in [-0.39, 0.29) is 20.7 Å². The summed E-state index contributed by atoms with van der Waals surface area (Å²) in [6, 6.07) is 2.44. The number of nitrogens with two attached hydrogens (primary N) is 1. The molecule has 0 bridgehead atoms. The van der Waals surface area contributed by atoms with Gasteiger partial charge in [0.1, 0.15) is 5.82 Å². The molecule has 0 aliphatic heterocycles. The number of non-ortho nitro benzene ring substituents is 1. The molecule has 1 aromatic carbocycles. The van der Waals surface area contributed by atoms with Crippen molar-refractivity contribution in [3.63, 3.8) is 0 Å². The molecule has 112 valence electrons. The predicted molar refractivity (Wildman–Crippen MR) is 75.1 cm³/mol. The molecular formula is C10H9FN4O4S2. The number of hydrogen-bond donors (Lipinski definition) is 2. The minimum absolute atomic E-state index is 0.0677. The zero-order chi connectivity index (χ0) is 15.8. The quantitative estimate of drug-likeness (QED) is 0.650. The van der Waals surface area contributed by atoms with Gasteiger partial charge in [-0.25, -0.2) is 17.8 Å². The third kappa shape index (κ3) is 3.25. The van der Waals surface area contributed by atoms with Gasteiger partial charge < -0.3 is 5.73 Å². The fraction of sp³-hybridized carbons (Fsp3) is 0.100. The first kappa shape index (κ1) is 15.1. The fourth-order valence-electron chi connectivity index (χ4n) is 1.59. The summed E-state index contributed by atoms with van der Waals surface area (Å²) in [6.07, 6.45) is 0. The number of nitrogens with zero attached hydrogens (tertiary/aromatic N) is 2. The highest BCUT2D eigenvalue weighted by Crippen LogP contribution is 2.28. The SMILES string of the molecule is Cc1nc(N)sc1S(=O)(=O)Nc1cc(F)cc([N+](=O)[O-])c1. The molecule has 2 rings (SSSR count). The Balaban J connectivity index is 2.41. The zero-order valence-electron chi connectivity index (χ0n) is 10.5. The number of rotatable bonds is 4. The van der Waals surface area contributed by atoms with E-state index in [2.05, 4.69) is 9.71 Å². The largest absolute Gasteiger partial charge is 0.375 e. The van der Waals surface area contributed by atoms with E-state index >= 15 is 0 Å². The van der Waals surface area contributed by atoms with Gasteiger partial charge in [0.2, 0.25) is 0 Å². The summed E-state index contributed by atoms with van der Waals surface area (Å²) in [7, 11) is -4.05. The van der Waals surface area contributed by atoms with Crippen LogP contribution in [0.25, 0.3) is 0 Å². The van der Waals surface area contributed by atoms with Gasteiger partial charge in [-0.05, 0) is 13.0 Å². The summed E-state index contributed by atoms with van der Waals surface area (Å²) in [6.45, 7) is 1.45. The van der Waals surface area contributed by atoms with E-state index in [0.29, 0.717) is 6.07 Å². The van der Waals surface area contributed by atoms with Crippen LogP contribution in [0.3, 0.4) is 0 Å². The van der Waals surface area contributed by atoms with Gasteiger partial charge in [-0.1, -0.05) is 11.3 Å². The first-order valence-corrected chi connectivity index (χ1v) is 7.70. The predicted octanol–water partition coefficient (Wildman–Crippen LogP) is 1.88. The normalized spacial score (nSPS) is 11.3. The van der Waals surface area contributed by atoms with Crippen LogP contribution in [0.4, 0.5) is 20.9 Å². The standard InChI is InChI=1S/C10H9FN4O4S2/c1-5-9(20-10(12)13-5)21(18,19)14-7-2-6(11)3-8(4-7)15(16)17/h2-4,14H,1H3,(H2,12,13). The Morgan fingerprint density at radius 2 is 2.10 bits per heavy atom. The Kier molecular flexibility index (Phi) is 3.78. The molecule has 0 aliphatic rings. The van der Waals surface area contributed by atoms with Crippen molar-refractivity contribution in [2.45, 2.75) is 11.1 Å². The van der Waals surface area contributed by atoms with Crippen molar-refractivity contribution in [1.29, 1.82) is 0 Å². The van der Waals surface area contributed by atoms with Gasteiger partial charge in [0, 0.05) is 6.07 Å². The number of nitrogens with one attached hydrogen (secondary N) is 1. The summed E-state index contributed by atoms with van der Waals surface area (Å²) in [4.78, 5) is 13.6. The molecule has 21 heavy (non-hydrogen) atoms. The number of nitro groups is 1. The van der Waals surface area contributed by atoms with E-state index in [1.807, 2.05) is 0 Å². The van der Waals surface area contributed by atoms with E-state index in [9.17, 15) is 22.9 Å². The molecule has 1 heterocycles. The van der Waals surface area contributed by atoms with Crippen molar-refractivity contribution in [1.82, 2.24) is 4.98 Å². The minimum Gasteiger partial charge on any atom is -0.375 e. The molecule has 0 atom stereocenters. The highest BCUT2D eigenvalue weighted by molar-refractivity contribution is 7.94. The average Bonchev–Trinajstić information content (AvgIpc) is 2.67. The van der Waals surface area contributed by atoms with Gasteiger partial charge >= 0.3 is 0 Å². The topological polar surface area (TPSA) is 128 Å². The molecular weight excluding hydrogens is 323 g/mol. The fourth-order valence-corrected chi connectivity index (χ4v) is 3.93. The van der Waals surface area contributed by atoms with Crippen LogP contribution in [0.2, 0.25) is 0 Å². The van der Waals surface area contributed by atoms with Crippen LogP contribution in [0.15, 0.2) is 22.4 Å². The molecule has 0 saturated heterocycles. The van der Waals surface area contributed by atoms with Gasteiger partial charge in [-0.2, -0.15) is 0 Å². The Morgan fingerprint density at radius 3 is 2.62 bits per heavy atom. The van der Waals surface area contributed by atoms with Crippen LogP contribution >= 0.6 is 11.3 Å². The van der Waals surface area contributed by atoms with Gasteiger partial charge in [0.05, 0.1) is 22.4 Å². The number of aryl methyl sites for hydroxylation is 1. The van der Waals surface area contributed by atoms with Crippen molar-refractivity contribution in [2.24, 2.45) is 0 Å². The Hall–Kier alpha value is -2.27. The van der Waals surface area contributed by atoms with Crippen molar-refractivity contribution < 1.29 is 17.7 Å². The molecule has 0 unspecified atom stereocenters. The molecule has 0 saturated carbocycles. The Morgan fingerprint density at radius 1 is 1.43 bits per heavy atom. The van der Waals surface area contributed by atoms with Gasteiger partial charge in [0.25, 0.3) is 15.7 Å². The summed E-state index contributed by atoms with van der Waals surface area (Å²) in [5.74, 6) is -0.928. The number of anilines is 2. The molecule has 11 heteroatoms. The van der Waals surface area contributed by atoms with E-state index in [1.54, 1.807) is 0 Å². The maximum Gasteiger partial charge on any atom is 0.274 e. The molecule has 1 aromatic heterocycles. The van der Waals surface area contributed by atoms with Crippen LogP contribution in [-0.4, -0.2) is 18.3 Å². The number of halogens is 1. The Labute approximate surface area is 122 Å². The van der Waals surface area contributed by atoms with Crippen molar-refractivity contribution in [3.8, 4) is 0 Å². The second-order valence-corrected chi connectivity index (χ2v) is 6.89. The summed E-state index contributed by atoms with van der Waals surface area (Å²) in [5, 5.41) is 10.7. The molecule has 0 aliphatic carbocycles. The van der Waals surface area contributed by atoms with Crippen molar-refractivity contribution in [2.75, 3.05) is 10.5 Å². The number of nitro benzene ring substituents is 1. The van der Waals surface area contributed by atoms with Crippen LogP contribution in [0.5, 0.6) is 0 Å².